The lowest BCUT2D eigenvalue weighted by atomic mass is 10.1. The minimum atomic E-state index is -1.19. The van der Waals surface area contributed by atoms with Crippen molar-refractivity contribution in [3.8, 4) is 0 Å². The van der Waals surface area contributed by atoms with Crippen molar-refractivity contribution >= 4 is 17.8 Å². The van der Waals surface area contributed by atoms with Crippen LogP contribution in [0.5, 0.6) is 0 Å². The quantitative estimate of drug-likeness (QED) is 0.316. The molecule has 0 spiro atoms. The molecule has 19 heavy (non-hydrogen) atoms. The molecule has 8 heteroatoms. The Morgan fingerprint density at radius 1 is 1.05 bits per heavy atom. The van der Waals surface area contributed by atoms with Gasteiger partial charge in [0, 0.05) is 6.42 Å². The Kier molecular flexibility index (Phi) is 8.47. The maximum absolute atomic E-state index is 11.5. The summed E-state index contributed by atoms with van der Waals surface area (Å²) in [5.74, 6) is -2.82. The zero-order valence-electron chi connectivity index (χ0n) is 10.7. The lowest BCUT2D eigenvalue weighted by molar-refractivity contribution is -0.142. The van der Waals surface area contributed by atoms with Crippen molar-refractivity contribution in [2.75, 3.05) is 6.54 Å². The van der Waals surface area contributed by atoms with Crippen molar-refractivity contribution in [2.24, 2.45) is 11.5 Å². The fraction of sp³-hybridized carbons (Fsp3) is 0.727. The van der Waals surface area contributed by atoms with Crippen LogP contribution < -0.4 is 16.8 Å². The van der Waals surface area contributed by atoms with Gasteiger partial charge in [-0.1, -0.05) is 0 Å². The molecule has 1 amide bonds. The Morgan fingerprint density at radius 2 is 1.68 bits per heavy atom. The molecule has 110 valence electrons. The number of hydrogen-bond acceptors (Lipinski definition) is 5. The number of carboxylic acid groups (broad SMARTS) is 2. The third kappa shape index (κ3) is 8.11. The van der Waals surface area contributed by atoms with Crippen molar-refractivity contribution in [1.82, 2.24) is 5.32 Å². The molecule has 1 unspecified atom stereocenters. The van der Waals surface area contributed by atoms with Crippen LogP contribution in [0.1, 0.15) is 32.1 Å². The molecule has 0 saturated heterocycles. The molecule has 0 aliphatic carbocycles. The standard InChI is InChI=1S/C11H21N3O5/c12-6-2-1-3-8(11(18)19)14-9(15)5-4-7(13)10(16)17/h7-8H,1-6,12-13H2,(H,14,15)(H,16,17)(H,18,19)/t7?,8-/m0/s1. The highest BCUT2D eigenvalue weighted by molar-refractivity contribution is 5.84. The van der Waals surface area contributed by atoms with Crippen LogP contribution in [0.25, 0.3) is 0 Å². The predicted octanol–water partition coefficient (Wildman–Crippen LogP) is -1.12. The van der Waals surface area contributed by atoms with E-state index in [2.05, 4.69) is 5.32 Å². The van der Waals surface area contributed by atoms with Crippen molar-refractivity contribution < 1.29 is 24.6 Å². The second-order valence-electron chi connectivity index (χ2n) is 4.23. The Labute approximate surface area is 111 Å². The number of unbranched alkanes of at least 4 members (excludes halogenated alkanes) is 1. The highest BCUT2D eigenvalue weighted by atomic mass is 16.4. The average Bonchev–Trinajstić information content (AvgIpc) is 2.34. The van der Waals surface area contributed by atoms with Gasteiger partial charge in [0.1, 0.15) is 12.1 Å². The third-order valence-electron chi connectivity index (χ3n) is 2.58. The Hall–Kier alpha value is -1.67. The number of hydrogen-bond donors (Lipinski definition) is 5. The van der Waals surface area contributed by atoms with E-state index >= 15 is 0 Å². The average molecular weight is 275 g/mol. The van der Waals surface area contributed by atoms with Gasteiger partial charge < -0.3 is 27.0 Å². The topological polar surface area (TPSA) is 156 Å². The second-order valence-corrected chi connectivity index (χ2v) is 4.23. The van der Waals surface area contributed by atoms with Crippen LogP contribution in [-0.2, 0) is 14.4 Å². The maximum Gasteiger partial charge on any atom is 0.326 e. The molecule has 0 radical (unpaired) electrons. The van der Waals surface area contributed by atoms with E-state index in [9.17, 15) is 14.4 Å². The first-order valence-corrected chi connectivity index (χ1v) is 6.09. The zero-order chi connectivity index (χ0) is 14.8. The van der Waals surface area contributed by atoms with Crippen molar-refractivity contribution in [1.29, 1.82) is 0 Å². The first-order chi connectivity index (χ1) is 8.88. The van der Waals surface area contributed by atoms with E-state index in [0.717, 1.165) is 0 Å². The van der Waals surface area contributed by atoms with Gasteiger partial charge in [0.2, 0.25) is 5.91 Å². The summed E-state index contributed by atoms with van der Waals surface area (Å²) in [7, 11) is 0. The molecular weight excluding hydrogens is 254 g/mol. The van der Waals surface area contributed by atoms with Crippen LogP contribution in [0.4, 0.5) is 0 Å². The van der Waals surface area contributed by atoms with E-state index in [0.29, 0.717) is 25.8 Å². The summed E-state index contributed by atoms with van der Waals surface area (Å²) in [6.45, 7) is 0.466. The highest BCUT2D eigenvalue weighted by Gasteiger charge is 2.20. The third-order valence-corrected chi connectivity index (χ3v) is 2.58. The molecule has 0 fully saturated rings. The van der Waals surface area contributed by atoms with E-state index in [-0.39, 0.29) is 12.8 Å². The number of carboxylic acids is 2. The van der Waals surface area contributed by atoms with E-state index in [1.165, 1.54) is 0 Å². The minimum Gasteiger partial charge on any atom is -0.480 e. The summed E-state index contributed by atoms with van der Waals surface area (Å²) in [6.07, 6.45) is 1.43. The molecule has 0 aliphatic heterocycles. The van der Waals surface area contributed by atoms with Gasteiger partial charge in [-0.15, -0.1) is 0 Å². The molecule has 0 heterocycles. The first kappa shape index (κ1) is 17.3. The van der Waals surface area contributed by atoms with Gasteiger partial charge in [-0.2, -0.15) is 0 Å². The number of rotatable bonds is 10. The van der Waals surface area contributed by atoms with E-state index in [4.69, 9.17) is 21.7 Å². The van der Waals surface area contributed by atoms with E-state index in [1.54, 1.807) is 0 Å². The van der Waals surface area contributed by atoms with Gasteiger partial charge in [-0.3, -0.25) is 9.59 Å². The molecule has 0 rings (SSSR count). The molecule has 2 atom stereocenters. The molecular formula is C11H21N3O5. The van der Waals surface area contributed by atoms with E-state index in [1.807, 2.05) is 0 Å². The summed E-state index contributed by atoms with van der Waals surface area (Å²) in [5.41, 5.74) is 10.5. The zero-order valence-corrected chi connectivity index (χ0v) is 10.7. The van der Waals surface area contributed by atoms with Crippen molar-refractivity contribution in [2.45, 2.75) is 44.2 Å². The number of carbonyl (C=O) groups excluding carboxylic acids is 1. The van der Waals surface area contributed by atoms with Gasteiger partial charge in [0.15, 0.2) is 0 Å². The molecule has 0 aliphatic rings. The molecule has 0 saturated carbocycles. The van der Waals surface area contributed by atoms with Crippen LogP contribution >= 0.6 is 0 Å². The van der Waals surface area contributed by atoms with Crippen LogP contribution in [0.15, 0.2) is 0 Å². The molecule has 0 bridgehead atoms. The predicted molar refractivity (Wildman–Crippen MR) is 67.3 cm³/mol. The van der Waals surface area contributed by atoms with Crippen LogP contribution in [-0.4, -0.2) is 46.7 Å². The van der Waals surface area contributed by atoms with Crippen LogP contribution in [0.3, 0.4) is 0 Å². The largest absolute Gasteiger partial charge is 0.480 e. The Bertz CT molecular complexity index is 321. The lowest BCUT2D eigenvalue weighted by Gasteiger charge is -2.14. The second kappa shape index (κ2) is 9.29. The van der Waals surface area contributed by atoms with Gasteiger partial charge >= 0.3 is 11.9 Å². The molecule has 8 nitrogen and oxygen atoms in total. The monoisotopic (exact) mass is 275 g/mol. The van der Waals surface area contributed by atoms with Crippen molar-refractivity contribution in [3.63, 3.8) is 0 Å². The summed E-state index contributed by atoms with van der Waals surface area (Å²) in [6, 6.07) is -2.09. The van der Waals surface area contributed by atoms with Crippen molar-refractivity contribution in [3.05, 3.63) is 0 Å². The summed E-state index contributed by atoms with van der Waals surface area (Å²) >= 11 is 0. The van der Waals surface area contributed by atoms with Crippen LogP contribution in [0.2, 0.25) is 0 Å². The highest BCUT2D eigenvalue weighted by Crippen LogP contribution is 2.02. The van der Waals surface area contributed by atoms with Gasteiger partial charge in [-0.25, -0.2) is 4.79 Å². The number of aliphatic carboxylic acids is 2. The maximum atomic E-state index is 11.5. The normalized spacial score (nSPS) is 13.6. The molecule has 0 aromatic rings. The minimum absolute atomic E-state index is 0.0314. The molecule has 0 aromatic heterocycles. The van der Waals surface area contributed by atoms with Gasteiger partial charge in [0.25, 0.3) is 0 Å². The summed E-state index contributed by atoms with van der Waals surface area (Å²) < 4.78 is 0. The number of nitrogens with two attached hydrogens (primary N) is 2. The Balaban J connectivity index is 4.09. The first-order valence-electron chi connectivity index (χ1n) is 6.09. The number of carbonyl (C=O) groups is 3. The fourth-order valence-corrected chi connectivity index (χ4v) is 1.43. The molecule has 0 aromatic carbocycles. The van der Waals surface area contributed by atoms with E-state index < -0.39 is 29.9 Å². The fourth-order valence-electron chi connectivity index (χ4n) is 1.43. The lowest BCUT2D eigenvalue weighted by Crippen LogP contribution is -2.41. The summed E-state index contributed by atoms with van der Waals surface area (Å²) in [4.78, 5) is 32.8. The van der Waals surface area contributed by atoms with Gasteiger partial charge in [0.05, 0.1) is 0 Å². The van der Waals surface area contributed by atoms with Gasteiger partial charge in [-0.05, 0) is 32.2 Å². The SMILES string of the molecule is NCCCC[C@H](NC(=O)CCC(N)C(=O)O)C(=O)O. The smallest absolute Gasteiger partial charge is 0.326 e. The number of nitrogens with one attached hydrogen (secondary N) is 1. The molecule has 7 N–H and O–H groups in total. The Morgan fingerprint density at radius 3 is 2.16 bits per heavy atom. The van der Waals surface area contributed by atoms with Crippen LogP contribution in [0, 0.1) is 0 Å². The number of amides is 1. The summed E-state index contributed by atoms with van der Waals surface area (Å²) in [5, 5.41) is 19.8.